The molecule has 0 amide bonds. The maximum atomic E-state index is 14.6. The summed E-state index contributed by atoms with van der Waals surface area (Å²) in [6.45, 7) is 9.60. The highest BCUT2D eigenvalue weighted by atomic mass is 19.1. The molecule has 1 aliphatic rings. The van der Waals surface area contributed by atoms with E-state index in [1.807, 2.05) is 6.07 Å². The molecule has 0 bridgehead atoms. The molecule has 3 atom stereocenters. The standard InChI is InChI=1S/C18H29FN2/c1-5-11-20-14(4)15-8-10-18(17(19)12-15)21-13(3)7-9-16(21)6-2/h8,10,12-14,16,20H,5-7,9,11H2,1-4H3. The number of anilines is 1. The predicted molar refractivity (Wildman–Crippen MR) is 88.4 cm³/mol. The van der Waals surface area contributed by atoms with Gasteiger partial charge in [0.05, 0.1) is 5.69 Å². The Labute approximate surface area is 128 Å². The fraction of sp³-hybridized carbons (Fsp3) is 0.667. The topological polar surface area (TPSA) is 15.3 Å². The molecule has 1 aromatic rings. The third-order valence-electron chi connectivity index (χ3n) is 4.71. The Hall–Kier alpha value is -1.09. The largest absolute Gasteiger partial charge is 0.363 e. The lowest BCUT2D eigenvalue weighted by Gasteiger charge is -2.31. The van der Waals surface area contributed by atoms with Crippen LogP contribution in [0.1, 0.15) is 65.0 Å². The number of hydrogen-bond donors (Lipinski definition) is 1. The van der Waals surface area contributed by atoms with E-state index in [1.165, 1.54) is 6.42 Å². The molecular formula is C18H29FN2. The molecule has 2 rings (SSSR count). The zero-order chi connectivity index (χ0) is 15.4. The normalized spacial score (nSPS) is 23.6. The van der Waals surface area contributed by atoms with E-state index in [4.69, 9.17) is 0 Å². The van der Waals surface area contributed by atoms with Crippen molar-refractivity contribution in [2.75, 3.05) is 11.4 Å². The minimum Gasteiger partial charge on any atom is -0.363 e. The van der Waals surface area contributed by atoms with Gasteiger partial charge in [-0.3, -0.25) is 0 Å². The Balaban J connectivity index is 2.19. The highest BCUT2D eigenvalue weighted by Crippen LogP contribution is 2.34. The summed E-state index contributed by atoms with van der Waals surface area (Å²) in [6, 6.07) is 6.87. The number of nitrogens with one attached hydrogen (secondary N) is 1. The summed E-state index contributed by atoms with van der Waals surface area (Å²) in [4.78, 5) is 2.28. The first-order chi connectivity index (χ1) is 10.1. The SMILES string of the molecule is CCCNC(C)c1ccc(N2C(C)CCC2CC)c(F)c1. The van der Waals surface area contributed by atoms with Gasteiger partial charge in [0.1, 0.15) is 5.82 Å². The summed E-state index contributed by atoms with van der Waals surface area (Å²) < 4.78 is 14.6. The molecule has 1 saturated heterocycles. The van der Waals surface area contributed by atoms with E-state index in [2.05, 4.69) is 44.0 Å². The van der Waals surface area contributed by atoms with E-state index >= 15 is 0 Å². The fourth-order valence-corrected chi connectivity index (χ4v) is 3.39. The summed E-state index contributed by atoms with van der Waals surface area (Å²) in [5.74, 6) is -0.0788. The summed E-state index contributed by atoms with van der Waals surface area (Å²) in [7, 11) is 0. The van der Waals surface area contributed by atoms with Crippen LogP contribution in [-0.4, -0.2) is 18.6 Å². The van der Waals surface area contributed by atoms with Gasteiger partial charge in [-0.1, -0.05) is 19.9 Å². The summed E-state index contributed by atoms with van der Waals surface area (Å²) >= 11 is 0. The zero-order valence-electron chi connectivity index (χ0n) is 13.8. The quantitative estimate of drug-likeness (QED) is 0.820. The second kappa shape index (κ2) is 7.26. The molecule has 0 aliphatic carbocycles. The molecular weight excluding hydrogens is 263 g/mol. The van der Waals surface area contributed by atoms with Crippen LogP contribution in [-0.2, 0) is 0 Å². The molecule has 1 heterocycles. The molecule has 0 spiro atoms. The van der Waals surface area contributed by atoms with Crippen molar-refractivity contribution >= 4 is 5.69 Å². The van der Waals surface area contributed by atoms with Gasteiger partial charge in [0.25, 0.3) is 0 Å². The molecule has 1 N–H and O–H groups in total. The monoisotopic (exact) mass is 292 g/mol. The third-order valence-corrected chi connectivity index (χ3v) is 4.71. The Morgan fingerprint density at radius 2 is 2.10 bits per heavy atom. The lowest BCUT2D eigenvalue weighted by Crippen LogP contribution is -2.34. The smallest absolute Gasteiger partial charge is 0.146 e. The van der Waals surface area contributed by atoms with Gasteiger partial charge in [-0.05, 0) is 63.8 Å². The van der Waals surface area contributed by atoms with Gasteiger partial charge in [0.2, 0.25) is 0 Å². The number of rotatable bonds is 6. The third kappa shape index (κ3) is 3.57. The van der Waals surface area contributed by atoms with Crippen LogP contribution in [0.4, 0.5) is 10.1 Å². The molecule has 0 aromatic heterocycles. The van der Waals surface area contributed by atoms with Gasteiger partial charge in [-0.2, -0.15) is 0 Å². The van der Waals surface area contributed by atoms with Gasteiger partial charge in [-0.25, -0.2) is 4.39 Å². The highest BCUT2D eigenvalue weighted by Gasteiger charge is 2.31. The number of halogens is 1. The van der Waals surface area contributed by atoms with Crippen molar-refractivity contribution in [3.8, 4) is 0 Å². The van der Waals surface area contributed by atoms with Gasteiger partial charge < -0.3 is 10.2 Å². The van der Waals surface area contributed by atoms with Crippen LogP contribution in [0.3, 0.4) is 0 Å². The van der Waals surface area contributed by atoms with E-state index in [0.29, 0.717) is 12.1 Å². The van der Waals surface area contributed by atoms with E-state index in [-0.39, 0.29) is 11.9 Å². The molecule has 1 aliphatic heterocycles. The molecule has 1 fully saturated rings. The van der Waals surface area contributed by atoms with E-state index in [1.54, 1.807) is 6.07 Å². The van der Waals surface area contributed by atoms with E-state index in [9.17, 15) is 4.39 Å². The van der Waals surface area contributed by atoms with Crippen molar-refractivity contribution in [1.82, 2.24) is 5.32 Å². The summed E-state index contributed by atoms with van der Waals surface area (Å²) in [5, 5.41) is 3.41. The molecule has 3 unspecified atom stereocenters. The number of benzene rings is 1. The molecule has 118 valence electrons. The van der Waals surface area contributed by atoms with E-state index in [0.717, 1.165) is 37.1 Å². The number of nitrogens with zero attached hydrogens (tertiary/aromatic N) is 1. The van der Waals surface area contributed by atoms with Crippen molar-refractivity contribution in [3.63, 3.8) is 0 Å². The number of hydrogen-bond acceptors (Lipinski definition) is 2. The maximum Gasteiger partial charge on any atom is 0.146 e. The van der Waals surface area contributed by atoms with Crippen LogP contribution in [0, 0.1) is 5.82 Å². The fourth-order valence-electron chi connectivity index (χ4n) is 3.39. The molecule has 0 saturated carbocycles. The highest BCUT2D eigenvalue weighted by molar-refractivity contribution is 5.52. The van der Waals surface area contributed by atoms with Crippen molar-refractivity contribution in [2.45, 2.75) is 71.5 Å². The van der Waals surface area contributed by atoms with Crippen LogP contribution >= 0.6 is 0 Å². The Morgan fingerprint density at radius 3 is 2.71 bits per heavy atom. The summed E-state index contributed by atoms with van der Waals surface area (Å²) in [5.41, 5.74) is 1.81. The van der Waals surface area contributed by atoms with Gasteiger partial charge in [-0.15, -0.1) is 0 Å². The van der Waals surface area contributed by atoms with Crippen LogP contribution < -0.4 is 10.2 Å². The molecule has 1 aromatic carbocycles. The van der Waals surface area contributed by atoms with Crippen molar-refractivity contribution in [2.24, 2.45) is 0 Å². The lowest BCUT2D eigenvalue weighted by molar-refractivity contribution is 0.555. The van der Waals surface area contributed by atoms with Crippen LogP contribution in [0.15, 0.2) is 18.2 Å². The van der Waals surface area contributed by atoms with Crippen molar-refractivity contribution in [3.05, 3.63) is 29.6 Å². The molecule has 2 nitrogen and oxygen atoms in total. The van der Waals surface area contributed by atoms with Crippen molar-refractivity contribution < 1.29 is 4.39 Å². The van der Waals surface area contributed by atoms with Crippen molar-refractivity contribution in [1.29, 1.82) is 0 Å². The maximum absolute atomic E-state index is 14.6. The minimum absolute atomic E-state index is 0.0788. The second-order valence-electron chi connectivity index (χ2n) is 6.28. The Kier molecular flexibility index (Phi) is 5.63. The predicted octanol–water partition coefficient (Wildman–Crippen LogP) is 4.65. The van der Waals surface area contributed by atoms with Crippen LogP contribution in [0.5, 0.6) is 0 Å². The second-order valence-corrected chi connectivity index (χ2v) is 6.28. The van der Waals surface area contributed by atoms with Crippen LogP contribution in [0.2, 0.25) is 0 Å². The average Bonchev–Trinajstić information content (AvgIpc) is 2.85. The minimum atomic E-state index is -0.0788. The van der Waals surface area contributed by atoms with E-state index < -0.39 is 0 Å². The average molecular weight is 292 g/mol. The van der Waals surface area contributed by atoms with Gasteiger partial charge >= 0.3 is 0 Å². The lowest BCUT2D eigenvalue weighted by atomic mass is 10.1. The van der Waals surface area contributed by atoms with Gasteiger partial charge in [0.15, 0.2) is 0 Å². The molecule has 3 heteroatoms. The van der Waals surface area contributed by atoms with Gasteiger partial charge in [0, 0.05) is 18.1 Å². The zero-order valence-corrected chi connectivity index (χ0v) is 13.8. The first-order valence-electron chi connectivity index (χ1n) is 8.39. The Morgan fingerprint density at radius 1 is 1.33 bits per heavy atom. The Bertz CT molecular complexity index is 461. The van der Waals surface area contributed by atoms with Crippen LogP contribution in [0.25, 0.3) is 0 Å². The summed E-state index contributed by atoms with van der Waals surface area (Å²) in [6.07, 6.45) is 4.51. The first kappa shape index (κ1) is 16.3. The molecule has 0 radical (unpaired) electrons. The first-order valence-corrected chi connectivity index (χ1v) is 8.39. The molecule has 21 heavy (non-hydrogen) atoms.